The molecule has 110 valence electrons. The lowest BCUT2D eigenvalue weighted by Gasteiger charge is -2.24. The molecule has 3 rings (SSSR count). The Kier molecular flexibility index (Phi) is 3.82. The van der Waals surface area contributed by atoms with Crippen molar-refractivity contribution in [1.82, 2.24) is 0 Å². The lowest BCUT2D eigenvalue weighted by Crippen LogP contribution is -2.32. The average Bonchev–Trinajstić information content (AvgIpc) is 2.83. The number of fused-ring (bicyclic) bond motifs is 1. The number of benzene rings is 1. The number of aliphatic hydroxyl groups is 1. The third-order valence-corrected chi connectivity index (χ3v) is 4.03. The number of rotatable bonds is 4. The molecule has 1 saturated heterocycles. The Labute approximate surface area is 119 Å². The van der Waals surface area contributed by atoms with Crippen molar-refractivity contribution in [1.29, 1.82) is 0 Å². The van der Waals surface area contributed by atoms with Gasteiger partial charge >= 0.3 is 0 Å². The molecule has 0 unspecified atom stereocenters. The van der Waals surface area contributed by atoms with Gasteiger partial charge in [0.25, 0.3) is 0 Å². The minimum atomic E-state index is -0.548. The van der Waals surface area contributed by atoms with Crippen LogP contribution in [0.15, 0.2) is 30.3 Å². The molecule has 0 aromatic heterocycles. The van der Waals surface area contributed by atoms with Gasteiger partial charge in [0.2, 0.25) is 0 Å². The fourth-order valence-corrected chi connectivity index (χ4v) is 3.13. The van der Waals surface area contributed by atoms with Crippen molar-refractivity contribution in [3.05, 3.63) is 35.9 Å². The van der Waals surface area contributed by atoms with Crippen molar-refractivity contribution < 1.29 is 19.3 Å². The van der Waals surface area contributed by atoms with E-state index in [1.807, 2.05) is 44.2 Å². The Bertz CT molecular complexity index is 445. The summed E-state index contributed by atoms with van der Waals surface area (Å²) in [5.41, 5.74) is 1.14. The standard InChI is InChI=1S/C16H22O4/c1-16(2)19-14-8-13(17)12(15(14)20-16)10-18-9-11-6-4-3-5-7-11/h3-7,12-15,17H,8-10H2,1-2H3/t12-,13+,14-,15+/m0/s1. The van der Waals surface area contributed by atoms with Crippen LogP contribution in [0.25, 0.3) is 0 Å². The molecular weight excluding hydrogens is 256 g/mol. The van der Waals surface area contributed by atoms with Crippen molar-refractivity contribution >= 4 is 0 Å². The minimum absolute atomic E-state index is 0.00881. The Balaban J connectivity index is 1.54. The van der Waals surface area contributed by atoms with Crippen LogP contribution in [0, 0.1) is 5.92 Å². The summed E-state index contributed by atoms with van der Waals surface area (Å²) in [7, 11) is 0. The number of hydrogen-bond donors (Lipinski definition) is 1. The van der Waals surface area contributed by atoms with Gasteiger partial charge in [-0.2, -0.15) is 0 Å². The number of ether oxygens (including phenoxy) is 3. The molecule has 0 bridgehead atoms. The van der Waals surface area contributed by atoms with Crippen molar-refractivity contribution in [2.45, 2.75) is 51.0 Å². The summed E-state index contributed by atoms with van der Waals surface area (Å²) in [6, 6.07) is 10.0. The maximum atomic E-state index is 10.1. The van der Waals surface area contributed by atoms with E-state index in [0.717, 1.165) is 5.56 Å². The second kappa shape index (κ2) is 5.45. The van der Waals surface area contributed by atoms with Gasteiger partial charge in [-0.25, -0.2) is 0 Å². The first-order valence-corrected chi connectivity index (χ1v) is 7.20. The van der Waals surface area contributed by atoms with E-state index < -0.39 is 11.9 Å². The minimum Gasteiger partial charge on any atom is -0.393 e. The molecule has 2 fully saturated rings. The number of hydrogen-bond acceptors (Lipinski definition) is 4. The molecule has 20 heavy (non-hydrogen) atoms. The average molecular weight is 278 g/mol. The maximum Gasteiger partial charge on any atom is 0.163 e. The fraction of sp³-hybridized carbons (Fsp3) is 0.625. The molecule has 0 spiro atoms. The first-order valence-electron chi connectivity index (χ1n) is 7.20. The van der Waals surface area contributed by atoms with Crippen LogP contribution in [-0.4, -0.2) is 35.8 Å². The van der Waals surface area contributed by atoms with E-state index >= 15 is 0 Å². The van der Waals surface area contributed by atoms with E-state index in [-0.39, 0.29) is 18.1 Å². The Hall–Kier alpha value is -0.940. The highest BCUT2D eigenvalue weighted by Crippen LogP contribution is 2.41. The fourth-order valence-electron chi connectivity index (χ4n) is 3.13. The molecule has 4 heteroatoms. The highest BCUT2D eigenvalue weighted by Gasteiger charge is 2.52. The molecule has 4 atom stereocenters. The summed E-state index contributed by atoms with van der Waals surface area (Å²) in [6.07, 6.45) is 0.158. The first-order chi connectivity index (χ1) is 9.55. The number of aliphatic hydroxyl groups excluding tert-OH is 1. The van der Waals surface area contributed by atoms with Crippen LogP contribution in [0.1, 0.15) is 25.8 Å². The highest BCUT2D eigenvalue weighted by molar-refractivity contribution is 5.13. The first kappa shape index (κ1) is 14.0. The quantitative estimate of drug-likeness (QED) is 0.916. The molecule has 2 aliphatic rings. The van der Waals surface area contributed by atoms with Crippen LogP contribution >= 0.6 is 0 Å². The van der Waals surface area contributed by atoms with Crippen molar-refractivity contribution in [3.63, 3.8) is 0 Å². The van der Waals surface area contributed by atoms with Crippen LogP contribution in [0.3, 0.4) is 0 Å². The summed E-state index contributed by atoms with van der Waals surface area (Å²) in [5, 5.41) is 10.1. The summed E-state index contributed by atoms with van der Waals surface area (Å²) < 4.78 is 17.5. The van der Waals surface area contributed by atoms with Gasteiger partial charge in [0.15, 0.2) is 5.79 Å². The normalized spacial score (nSPS) is 35.1. The van der Waals surface area contributed by atoms with Gasteiger partial charge in [0.05, 0.1) is 31.5 Å². The molecule has 0 radical (unpaired) electrons. The summed E-state index contributed by atoms with van der Waals surface area (Å²) in [5.74, 6) is -0.557. The molecule has 1 saturated carbocycles. The van der Waals surface area contributed by atoms with E-state index in [1.54, 1.807) is 0 Å². The van der Waals surface area contributed by atoms with Crippen LogP contribution in [0.4, 0.5) is 0 Å². The van der Waals surface area contributed by atoms with E-state index in [0.29, 0.717) is 19.6 Å². The van der Waals surface area contributed by atoms with Gasteiger partial charge in [-0.3, -0.25) is 0 Å². The summed E-state index contributed by atoms with van der Waals surface area (Å²) in [6.45, 7) is 4.89. The molecule has 4 nitrogen and oxygen atoms in total. The van der Waals surface area contributed by atoms with E-state index in [9.17, 15) is 5.11 Å². The van der Waals surface area contributed by atoms with Gasteiger partial charge in [0, 0.05) is 12.3 Å². The Morgan fingerprint density at radius 3 is 2.75 bits per heavy atom. The molecule has 0 amide bonds. The van der Waals surface area contributed by atoms with Crippen molar-refractivity contribution in [2.75, 3.05) is 6.61 Å². The zero-order chi connectivity index (χ0) is 14.2. The molecular formula is C16H22O4. The third kappa shape index (κ3) is 2.88. The second-order valence-electron chi connectivity index (χ2n) is 6.11. The molecule has 1 aromatic rings. The molecule has 1 aliphatic carbocycles. The monoisotopic (exact) mass is 278 g/mol. The van der Waals surface area contributed by atoms with Gasteiger partial charge in [-0.15, -0.1) is 0 Å². The van der Waals surface area contributed by atoms with E-state index in [1.165, 1.54) is 0 Å². The van der Waals surface area contributed by atoms with Gasteiger partial charge in [-0.05, 0) is 19.4 Å². The Morgan fingerprint density at radius 1 is 1.25 bits per heavy atom. The predicted molar refractivity (Wildman–Crippen MR) is 74.0 cm³/mol. The van der Waals surface area contributed by atoms with Crippen molar-refractivity contribution in [2.24, 2.45) is 5.92 Å². The van der Waals surface area contributed by atoms with E-state index in [2.05, 4.69) is 0 Å². The second-order valence-corrected chi connectivity index (χ2v) is 6.11. The lowest BCUT2D eigenvalue weighted by molar-refractivity contribution is -0.168. The maximum absolute atomic E-state index is 10.1. The smallest absolute Gasteiger partial charge is 0.163 e. The third-order valence-electron chi connectivity index (χ3n) is 4.03. The zero-order valence-electron chi connectivity index (χ0n) is 12.0. The van der Waals surface area contributed by atoms with Crippen molar-refractivity contribution in [3.8, 4) is 0 Å². The van der Waals surface area contributed by atoms with Crippen LogP contribution in [0.2, 0.25) is 0 Å². The molecule has 1 aromatic carbocycles. The van der Waals surface area contributed by atoms with E-state index in [4.69, 9.17) is 14.2 Å². The predicted octanol–water partition coefficient (Wildman–Crippen LogP) is 2.10. The molecule has 1 heterocycles. The molecule has 1 aliphatic heterocycles. The van der Waals surface area contributed by atoms with Crippen LogP contribution < -0.4 is 0 Å². The Morgan fingerprint density at radius 2 is 2.00 bits per heavy atom. The summed E-state index contributed by atoms with van der Waals surface area (Å²) in [4.78, 5) is 0. The molecule has 1 N–H and O–H groups in total. The van der Waals surface area contributed by atoms with Gasteiger partial charge in [-0.1, -0.05) is 30.3 Å². The topological polar surface area (TPSA) is 47.9 Å². The van der Waals surface area contributed by atoms with Gasteiger partial charge in [0.1, 0.15) is 0 Å². The zero-order valence-corrected chi connectivity index (χ0v) is 12.0. The van der Waals surface area contributed by atoms with Crippen LogP contribution in [0.5, 0.6) is 0 Å². The largest absolute Gasteiger partial charge is 0.393 e. The highest BCUT2D eigenvalue weighted by atomic mass is 16.8. The van der Waals surface area contributed by atoms with Gasteiger partial charge < -0.3 is 19.3 Å². The summed E-state index contributed by atoms with van der Waals surface area (Å²) >= 11 is 0. The SMILES string of the molecule is CC1(C)O[C@@H]2[C@@H](COCc3ccccc3)[C@H](O)C[C@@H]2O1. The van der Waals surface area contributed by atoms with Crippen LogP contribution in [-0.2, 0) is 20.8 Å². The lowest BCUT2D eigenvalue weighted by atomic mass is 10.1.